The van der Waals surface area contributed by atoms with Gasteiger partial charge in [-0.15, -0.1) is 0 Å². The van der Waals surface area contributed by atoms with Gasteiger partial charge in [0.2, 0.25) is 0 Å². The average molecular weight is 380 g/mol. The summed E-state index contributed by atoms with van der Waals surface area (Å²) in [7, 11) is 1.47. The number of amides is 1. The zero-order valence-corrected chi connectivity index (χ0v) is 15.2. The average Bonchev–Trinajstić information content (AvgIpc) is 3.03. The highest BCUT2D eigenvalue weighted by molar-refractivity contribution is 6.09. The third-order valence-corrected chi connectivity index (χ3v) is 4.92. The normalized spacial score (nSPS) is 17.1. The molecular formula is C20H17FN4O3. The predicted molar refractivity (Wildman–Crippen MR) is 102 cm³/mol. The molecule has 2 N–H and O–H groups in total. The Balaban J connectivity index is 1.73. The Bertz CT molecular complexity index is 1220. The Morgan fingerprint density at radius 2 is 2.00 bits per heavy atom. The Morgan fingerprint density at radius 1 is 1.29 bits per heavy atom. The summed E-state index contributed by atoms with van der Waals surface area (Å²) in [4.78, 5) is 24.9. The van der Waals surface area contributed by atoms with Gasteiger partial charge in [0.05, 0.1) is 11.1 Å². The molecule has 142 valence electrons. The molecule has 1 aromatic heterocycles. The third kappa shape index (κ3) is 2.74. The molecule has 7 nitrogen and oxygen atoms in total. The lowest BCUT2D eigenvalue weighted by Crippen LogP contribution is -2.27. The van der Waals surface area contributed by atoms with E-state index in [9.17, 15) is 19.1 Å². The van der Waals surface area contributed by atoms with E-state index >= 15 is 0 Å². The second-order valence-electron chi connectivity index (χ2n) is 6.78. The summed E-state index contributed by atoms with van der Waals surface area (Å²) in [5, 5.41) is 19.1. The van der Waals surface area contributed by atoms with Gasteiger partial charge in [0, 0.05) is 23.6 Å². The van der Waals surface area contributed by atoms with Crippen LogP contribution in [0.5, 0.6) is 5.75 Å². The highest BCUT2D eigenvalue weighted by Gasteiger charge is 2.31. The number of nitrogens with one attached hydrogen (secondary N) is 1. The topological polar surface area (TPSA) is 96.6 Å². The minimum Gasteiger partial charge on any atom is -0.507 e. The first kappa shape index (κ1) is 17.8. The SMILES string of the molecule is C[C@@H]1C/C(=N\NC(=O)c2nn(C)c(=O)c3ccccc23)c2c(O)ccc(F)c21. The summed E-state index contributed by atoms with van der Waals surface area (Å²) >= 11 is 0. The van der Waals surface area contributed by atoms with Crippen LogP contribution in [0.3, 0.4) is 0 Å². The standard InChI is InChI=1S/C20H17FN4O3/c1-10-9-14(17-15(26)8-7-13(21)16(10)17)22-23-19(27)18-11-5-3-4-6-12(11)20(28)25(2)24-18/h3-8,10,26H,9H2,1-2H3,(H,23,27)/b22-14+/t10-/m1/s1. The van der Waals surface area contributed by atoms with Crippen molar-refractivity contribution in [1.29, 1.82) is 0 Å². The van der Waals surface area contributed by atoms with E-state index in [-0.39, 0.29) is 22.9 Å². The van der Waals surface area contributed by atoms with E-state index in [4.69, 9.17) is 0 Å². The zero-order chi connectivity index (χ0) is 20.0. The number of hydrogen-bond donors (Lipinski definition) is 2. The lowest BCUT2D eigenvalue weighted by atomic mass is 10.0. The van der Waals surface area contributed by atoms with Crippen molar-refractivity contribution in [2.75, 3.05) is 0 Å². The maximum Gasteiger partial charge on any atom is 0.292 e. The van der Waals surface area contributed by atoms with Gasteiger partial charge >= 0.3 is 0 Å². The molecule has 0 saturated heterocycles. The van der Waals surface area contributed by atoms with E-state index in [1.807, 2.05) is 6.92 Å². The summed E-state index contributed by atoms with van der Waals surface area (Å²) in [6, 6.07) is 9.16. The molecular weight excluding hydrogens is 363 g/mol. The second-order valence-corrected chi connectivity index (χ2v) is 6.78. The van der Waals surface area contributed by atoms with E-state index in [1.165, 1.54) is 19.2 Å². The fourth-order valence-electron chi connectivity index (χ4n) is 3.60. The number of phenolic OH excluding ortho intramolecular Hbond substituents is 1. The minimum absolute atomic E-state index is 0.0526. The van der Waals surface area contributed by atoms with Gasteiger partial charge in [0.15, 0.2) is 5.69 Å². The third-order valence-electron chi connectivity index (χ3n) is 4.92. The molecule has 0 radical (unpaired) electrons. The molecule has 1 aliphatic carbocycles. The smallest absolute Gasteiger partial charge is 0.292 e. The number of nitrogens with zero attached hydrogens (tertiary/aromatic N) is 3. The number of fused-ring (bicyclic) bond motifs is 2. The second kappa shape index (κ2) is 6.56. The summed E-state index contributed by atoms with van der Waals surface area (Å²) in [5.41, 5.74) is 3.26. The molecule has 0 bridgehead atoms. The van der Waals surface area contributed by atoms with Gasteiger partial charge in [-0.05, 0) is 30.5 Å². The summed E-state index contributed by atoms with van der Waals surface area (Å²) in [6.45, 7) is 1.83. The molecule has 0 unspecified atom stereocenters. The van der Waals surface area contributed by atoms with E-state index in [0.29, 0.717) is 34.0 Å². The molecule has 3 aromatic rings. The summed E-state index contributed by atoms with van der Waals surface area (Å²) in [5.74, 6) is -1.27. The number of hydrazone groups is 1. The largest absolute Gasteiger partial charge is 0.507 e. The molecule has 0 saturated carbocycles. The van der Waals surface area contributed by atoms with Gasteiger partial charge < -0.3 is 5.11 Å². The molecule has 0 aliphatic heterocycles. The number of aromatic nitrogens is 2. The van der Waals surface area contributed by atoms with Crippen molar-refractivity contribution in [3.05, 3.63) is 69.4 Å². The number of carbonyl (C=O) groups is 1. The molecule has 1 amide bonds. The maximum absolute atomic E-state index is 14.1. The monoisotopic (exact) mass is 380 g/mol. The Kier molecular flexibility index (Phi) is 4.18. The summed E-state index contributed by atoms with van der Waals surface area (Å²) in [6.07, 6.45) is 0.381. The molecule has 4 rings (SSSR count). The van der Waals surface area contributed by atoms with E-state index in [1.54, 1.807) is 24.3 Å². The number of halogens is 1. The maximum atomic E-state index is 14.1. The minimum atomic E-state index is -0.601. The van der Waals surface area contributed by atoms with E-state index in [2.05, 4.69) is 15.6 Å². The molecule has 1 aliphatic rings. The highest BCUT2D eigenvalue weighted by Crippen LogP contribution is 2.39. The molecule has 0 fully saturated rings. The fraction of sp³-hybridized carbons (Fsp3) is 0.200. The van der Waals surface area contributed by atoms with Crippen LogP contribution in [-0.4, -0.2) is 26.5 Å². The predicted octanol–water partition coefficient (Wildman–Crippen LogP) is 2.42. The number of phenols is 1. The van der Waals surface area contributed by atoms with Crippen LogP contribution in [0.15, 0.2) is 46.3 Å². The van der Waals surface area contributed by atoms with Crippen LogP contribution < -0.4 is 11.0 Å². The van der Waals surface area contributed by atoms with Gasteiger partial charge in [-0.3, -0.25) is 9.59 Å². The first-order valence-corrected chi connectivity index (χ1v) is 8.73. The fourth-order valence-corrected chi connectivity index (χ4v) is 3.60. The number of carbonyl (C=O) groups excluding carboxylic acids is 1. The molecule has 8 heteroatoms. The van der Waals surface area contributed by atoms with Gasteiger partial charge in [-0.25, -0.2) is 14.5 Å². The lowest BCUT2D eigenvalue weighted by Gasteiger charge is -2.08. The van der Waals surface area contributed by atoms with Crippen molar-refractivity contribution in [3.8, 4) is 5.75 Å². The van der Waals surface area contributed by atoms with Crippen LogP contribution in [0.4, 0.5) is 4.39 Å². The summed E-state index contributed by atoms with van der Waals surface area (Å²) < 4.78 is 15.2. The molecule has 28 heavy (non-hydrogen) atoms. The van der Waals surface area contributed by atoms with E-state index < -0.39 is 11.7 Å². The van der Waals surface area contributed by atoms with Crippen molar-refractivity contribution >= 4 is 22.4 Å². The van der Waals surface area contributed by atoms with Crippen molar-refractivity contribution in [1.82, 2.24) is 15.2 Å². The Labute approximate surface area is 159 Å². The number of benzene rings is 2. The van der Waals surface area contributed by atoms with Crippen LogP contribution >= 0.6 is 0 Å². The van der Waals surface area contributed by atoms with Crippen LogP contribution in [0.2, 0.25) is 0 Å². The first-order valence-electron chi connectivity index (χ1n) is 8.73. The van der Waals surface area contributed by atoms with Crippen molar-refractivity contribution in [2.45, 2.75) is 19.3 Å². The van der Waals surface area contributed by atoms with Crippen LogP contribution in [0, 0.1) is 5.82 Å². The number of rotatable bonds is 2. The molecule has 1 heterocycles. The number of aromatic hydroxyl groups is 1. The van der Waals surface area contributed by atoms with Crippen LogP contribution in [0.25, 0.3) is 10.8 Å². The highest BCUT2D eigenvalue weighted by atomic mass is 19.1. The molecule has 2 aromatic carbocycles. The van der Waals surface area contributed by atoms with Gasteiger partial charge in [0.1, 0.15) is 11.6 Å². The van der Waals surface area contributed by atoms with E-state index in [0.717, 1.165) is 4.68 Å². The van der Waals surface area contributed by atoms with Crippen molar-refractivity contribution in [3.63, 3.8) is 0 Å². The van der Waals surface area contributed by atoms with Gasteiger partial charge in [-0.2, -0.15) is 10.2 Å². The van der Waals surface area contributed by atoms with Gasteiger partial charge in [0.25, 0.3) is 11.5 Å². The Morgan fingerprint density at radius 3 is 2.75 bits per heavy atom. The Hall–Kier alpha value is -3.55. The quantitative estimate of drug-likeness (QED) is 0.668. The molecule has 1 atom stereocenters. The molecule has 0 spiro atoms. The first-order chi connectivity index (χ1) is 13.4. The van der Waals surface area contributed by atoms with Crippen LogP contribution in [-0.2, 0) is 7.05 Å². The lowest BCUT2D eigenvalue weighted by molar-refractivity contribution is 0.0949. The number of aryl methyl sites for hydroxylation is 1. The van der Waals surface area contributed by atoms with Crippen molar-refractivity contribution < 1.29 is 14.3 Å². The number of hydrogen-bond acceptors (Lipinski definition) is 5. The zero-order valence-electron chi connectivity index (χ0n) is 15.2. The van der Waals surface area contributed by atoms with Crippen molar-refractivity contribution in [2.24, 2.45) is 12.1 Å². The van der Waals surface area contributed by atoms with Crippen LogP contribution in [0.1, 0.15) is 40.9 Å². The van der Waals surface area contributed by atoms with Gasteiger partial charge in [-0.1, -0.05) is 25.1 Å².